The summed E-state index contributed by atoms with van der Waals surface area (Å²) >= 11 is 1.54. The molecule has 1 aliphatic rings. The lowest BCUT2D eigenvalue weighted by atomic mass is 10.1. The van der Waals surface area contributed by atoms with E-state index in [9.17, 15) is 4.79 Å². The first-order valence-corrected chi connectivity index (χ1v) is 7.85. The topological polar surface area (TPSA) is 26.3 Å². The van der Waals surface area contributed by atoms with Gasteiger partial charge in [-0.2, -0.15) is 0 Å². The zero-order valence-electron chi connectivity index (χ0n) is 11.8. The molecular formula is C18H16O2S. The molecule has 2 nitrogen and oxygen atoms in total. The largest absolute Gasteiger partial charge is 0.494 e. The fourth-order valence-corrected chi connectivity index (χ4v) is 3.22. The zero-order valence-corrected chi connectivity index (χ0v) is 12.7. The first-order valence-electron chi connectivity index (χ1n) is 7.04. The van der Waals surface area contributed by atoms with Gasteiger partial charge in [0.2, 0.25) is 5.78 Å². The number of allylic oxidation sites excluding steroid dienone is 1. The van der Waals surface area contributed by atoms with E-state index in [1.807, 2.05) is 54.6 Å². The van der Waals surface area contributed by atoms with E-state index >= 15 is 0 Å². The lowest BCUT2D eigenvalue weighted by molar-refractivity contribution is 0.104. The molecule has 1 heterocycles. The van der Waals surface area contributed by atoms with Gasteiger partial charge in [0.1, 0.15) is 5.75 Å². The lowest BCUT2D eigenvalue weighted by Crippen LogP contribution is -1.95. The van der Waals surface area contributed by atoms with Crippen molar-refractivity contribution < 1.29 is 9.53 Å². The van der Waals surface area contributed by atoms with E-state index in [2.05, 4.69) is 6.92 Å². The SMILES string of the molecule is CCCOc1ccc(/C=C2/Sc3ccccc3C2=O)cc1. The third kappa shape index (κ3) is 3.03. The molecule has 0 saturated carbocycles. The van der Waals surface area contributed by atoms with Crippen LogP contribution >= 0.6 is 11.8 Å². The second-order valence-corrected chi connectivity index (χ2v) is 5.94. The Morgan fingerprint density at radius 1 is 1.10 bits per heavy atom. The van der Waals surface area contributed by atoms with Crippen LogP contribution in [-0.2, 0) is 0 Å². The van der Waals surface area contributed by atoms with E-state index in [4.69, 9.17) is 4.74 Å². The number of hydrogen-bond acceptors (Lipinski definition) is 3. The van der Waals surface area contributed by atoms with Crippen LogP contribution in [0.25, 0.3) is 6.08 Å². The monoisotopic (exact) mass is 296 g/mol. The minimum atomic E-state index is 0.113. The van der Waals surface area contributed by atoms with Crippen molar-refractivity contribution in [2.24, 2.45) is 0 Å². The molecule has 106 valence electrons. The van der Waals surface area contributed by atoms with Gasteiger partial charge in [-0.1, -0.05) is 43.0 Å². The second kappa shape index (κ2) is 6.19. The molecule has 0 spiro atoms. The number of thioether (sulfide) groups is 1. The summed E-state index contributed by atoms with van der Waals surface area (Å²) < 4.78 is 5.56. The summed E-state index contributed by atoms with van der Waals surface area (Å²) in [7, 11) is 0. The number of rotatable bonds is 4. The van der Waals surface area contributed by atoms with E-state index in [1.165, 1.54) is 11.8 Å². The van der Waals surface area contributed by atoms with Crippen LogP contribution in [0.15, 0.2) is 58.3 Å². The number of hydrogen-bond donors (Lipinski definition) is 0. The van der Waals surface area contributed by atoms with E-state index in [1.54, 1.807) is 0 Å². The second-order valence-electron chi connectivity index (χ2n) is 4.85. The highest BCUT2D eigenvalue weighted by Gasteiger charge is 2.24. The van der Waals surface area contributed by atoms with E-state index < -0.39 is 0 Å². The van der Waals surface area contributed by atoms with Crippen molar-refractivity contribution in [3.05, 3.63) is 64.6 Å². The van der Waals surface area contributed by atoms with Crippen molar-refractivity contribution >= 4 is 23.6 Å². The number of carbonyl (C=O) groups excluding carboxylic acids is 1. The van der Waals surface area contributed by atoms with Crippen molar-refractivity contribution in [1.29, 1.82) is 0 Å². The highest BCUT2D eigenvalue weighted by Crippen LogP contribution is 2.40. The van der Waals surface area contributed by atoms with Crippen LogP contribution in [0.2, 0.25) is 0 Å². The third-order valence-corrected chi connectivity index (χ3v) is 4.33. The van der Waals surface area contributed by atoms with Gasteiger partial charge in [-0.3, -0.25) is 4.79 Å². The molecule has 3 heteroatoms. The van der Waals surface area contributed by atoms with Gasteiger partial charge in [0.25, 0.3) is 0 Å². The molecular weight excluding hydrogens is 280 g/mol. The number of fused-ring (bicyclic) bond motifs is 1. The molecule has 2 aromatic carbocycles. The highest BCUT2D eigenvalue weighted by molar-refractivity contribution is 8.04. The number of benzene rings is 2. The van der Waals surface area contributed by atoms with Gasteiger partial charge in [-0.05, 0) is 42.3 Å². The molecule has 3 rings (SSSR count). The van der Waals surface area contributed by atoms with E-state index in [0.717, 1.165) is 39.7 Å². The van der Waals surface area contributed by atoms with Gasteiger partial charge in [0, 0.05) is 10.5 Å². The molecule has 0 fully saturated rings. The summed E-state index contributed by atoms with van der Waals surface area (Å²) in [4.78, 5) is 14.1. The molecule has 0 saturated heterocycles. The predicted octanol–water partition coefficient (Wildman–Crippen LogP) is 4.80. The maximum atomic E-state index is 12.3. The average Bonchev–Trinajstić information content (AvgIpc) is 2.83. The number of Topliss-reactive ketones (excluding diaryl/α,β-unsaturated/α-hetero) is 1. The zero-order chi connectivity index (χ0) is 14.7. The summed E-state index contributed by atoms with van der Waals surface area (Å²) in [6, 6.07) is 15.6. The number of ketones is 1. The van der Waals surface area contributed by atoms with Crippen LogP contribution in [0, 0.1) is 0 Å². The minimum Gasteiger partial charge on any atom is -0.494 e. The van der Waals surface area contributed by atoms with Crippen molar-refractivity contribution in [2.75, 3.05) is 6.61 Å². The van der Waals surface area contributed by atoms with E-state index in [0.29, 0.717) is 0 Å². The average molecular weight is 296 g/mol. The molecule has 21 heavy (non-hydrogen) atoms. The molecule has 0 N–H and O–H groups in total. The van der Waals surface area contributed by atoms with Gasteiger partial charge >= 0.3 is 0 Å². The number of carbonyl (C=O) groups is 1. The summed E-state index contributed by atoms with van der Waals surface area (Å²) in [5.41, 5.74) is 1.82. The minimum absolute atomic E-state index is 0.113. The van der Waals surface area contributed by atoms with Crippen LogP contribution in [0.1, 0.15) is 29.3 Å². The molecule has 0 amide bonds. The Bertz CT molecular complexity index is 687. The summed E-state index contributed by atoms with van der Waals surface area (Å²) in [6.45, 7) is 2.81. The van der Waals surface area contributed by atoms with Gasteiger partial charge in [0.05, 0.1) is 11.5 Å². The van der Waals surface area contributed by atoms with Gasteiger partial charge in [0.15, 0.2) is 0 Å². The molecule has 0 aromatic heterocycles. The van der Waals surface area contributed by atoms with Gasteiger partial charge in [-0.25, -0.2) is 0 Å². The Kier molecular flexibility index (Phi) is 4.11. The Labute approximate surface area is 128 Å². The fraction of sp³-hybridized carbons (Fsp3) is 0.167. The molecule has 0 bridgehead atoms. The van der Waals surface area contributed by atoms with Crippen LogP contribution in [0.5, 0.6) is 5.75 Å². The molecule has 1 aliphatic heterocycles. The summed E-state index contributed by atoms with van der Waals surface area (Å²) in [6.07, 6.45) is 2.94. The Balaban J connectivity index is 1.79. The maximum absolute atomic E-state index is 12.3. The van der Waals surface area contributed by atoms with Crippen molar-refractivity contribution in [3.8, 4) is 5.75 Å². The van der Waals surface area contributed by atoms with Gasteiger partial charge < -0.3 is 4.74 Å². The number of ether oxygens (including phenoxy) is 1. The van der Waals surface area contributed by atoms with Crippen LogP contribution < -0.4 is 4.74 Å². The van der Waals surface area contributed by atoms with Crippen LogP contribution in [-0.4, -0.2) is 12.4 Å². The molecule has 0 atom stereocenters. The third-order valence-electron chi connectivity index (χ3n) is 3.23. The van der Waals surface area contributed by atoms with Crippen molar-refractivity contribution in [1.82, 2.24) is 0 Å². The van der Waals surface area contributed by atoms with Crippen LogP contribution in [0.3, 0.4) is 0 Å². The van der Waals surface area contributed by atoms with Gasteiger partial charge in [-0.15, -0.1) is 0 Å². The van der Waals surface area contributed by atoms with Crippen molar-refractivity contribution in [2.45, 2.75) is 18.2 Å². The predicted molar refractivity (Wildman–Crippen MR) is 86.8 cm³/mol. The lowest BCUT2D eigenvalue weighted by Gasteiger charge is -2.04. The Hall–Kier alpha value is -2.00. The van der Waals surface area contributed by atoms with Crippen LogP contribution in [0.4, 0.5) is 0 Å². The summed E-state index contributed by atoms with van der Waals surface area (Å²) in [5, 5.41) is 0. The first-order chi connectivity index (χ1) is 10.3. The van der Waals surface area contributed by atoms with E-state index in [-0.39, 0.29) is 5.78 Å². The molecule has 0 aliphatic carbocycles. The normalized spacial score (nSPS) is 15.3. The standard InChI is InChI=1S/C18H16O2S/c1-2-11-20-14-9-7-13(8-10-14)12-17-18(19)15-5-3-4-6-16(15)21-17/h3-10,12H,2,11H2,1H3/b17-12+. The smallest absolute Gasteiger partial charge is 0.200 e. The quantitative estimate of drug-likeness (QED) is 0.758. The maximum Gasteiger partial charge on any atom is 0.200 e. The molecule has 0 unspecified atom stereocenters. The molecule has 2 aromatic rings. The first kappa shape index (κ1) is 14.0. The Morgan fingerprint density at radius 3 is 2.57 bits per heavy atom. The summed E-state index contributed by atoms with van der Waals surface area (Å²) in [5.74, 6) is 0.981. The highest BCUT2D eigenvalue weighted by atomic mass is 32.2. The Morgan fingerprint density at radius 2 is 1.86 bits per heavy atom. The fourth-order valence-electron chi connectivity index (χ4n) is 2.17. The van der Waals surface area contributed by atoms with Crippen molar-refractivity contribution in [3.63, 3.8) is 0 Å². The molecule has 0 radical (unpaired) electrons.